The van der Waals surface area contributed by atoms with Crippen molar-refractivity contribution in [1.82, 2.24) is 29.6 Å². The standard InChI is InChI=1S/C12H14ClN7O2/c13-10-14-7-15-11(18-10)17-8-5-16-20(6-8)9-1-3-19(4-2-9)12(21)22/h5-7,9H,1-4H2,(H,21,22)(H,14,15,17,18). The number of piperidine rings is 1. The largest absolute Gasteiger partial charge is 0.465 e. The van der Waals surface area contributed by atoms with Crippen molar-refractivity contribution in [1.29, 1.82) is 0 Å². The van der Waals surface area contributed by atoms with Crippen LogP contribution in [-0.4, -0.2) is 53.9 Å². The Balaban J connectivity index is 1.63. The number of hydrogen-bond donors (Lipinski definition) is 2. The first-order valence-corrected chi connectivity index (χ1v) is 7.13. The second kappa shape index (κ2) is 6.14. The summed E-state index contributed by atoms with van der Waals surface area (Å²) in [5.74, 6) is 0.347. The van der Waals surface area contributed by atoms with Gasteiger partial charge in [0, 0.05) is 19.3 Å². The molecule has 0 aliphatic carbocycles. The molecule has 10 heteroatoms. The molecule has 2 aromatic rings. The number of amides is 1. The Morgan fingerprint density at radius 1 is 1.36 bits per heavy atom. The summed E-state index contributed by atoms with van der Waals surface area (Å²) in [5, 5.41) is 16.4. The van der Waals surface area contributed by atoms with Crippen molar-refractivity contribution in [3.8, 4) is 0 Å². The van der Waals surface area contributed by atoms with Crippen LogP contribution in [0.5, 0.6) is 0 Å². The third-order valence-electron chi connectivity index (χ3n) is 3.51. The highest BCUT2D eigenvalue weighted by atomic mass is 35.5. The second-order valence-electron chi connectivity index (χ2n) is 4.91. The Morgan fingerprint density at radius 2 is 2.14 bits per heavy atom. The lowest BCUT2D eigenvalue weighted by Gasteiger charge is -2.29. The summed E-state index contributed by atoms with van der Waals surface area (Å²) < 4.78 is 1.84. The Bertz CT molecular complexity index is 669. The molecule has 1 aliphatic heterocycles. The number of nitrogens with one attached hydrogen (secondary N) is 1. The number of halogens is 1. The SMILES string of the molecule is O=C(O)N1CCC(n2cc(Nc3ncnc(Cl)n3)cn2)CC1. The number of anilines is 2. The molecule has 3 heterocycles. The maximum atomic E-state index is 10.9. The molecule has 3 rings (SSSR count). The van der Waals surface area contributed by atoms with E-state index in [0.29, 0.717) is 19.0 Å². The minimum absolute atomic E-state index is 0.117. The van der Waals surface area contributed by atoms with Crippen molar-refractivity contribution in [3.63, 3.8) is 0 Å². The molecular weight excluding hydrogens is 310 g/mol. The quantitative estimate of drug-likeness (QED) is 0.886. The second-order valence-corrected chi connectivity index (χ2v) is 5.25. The van der Waals surface area contributed by atoms with Crippen molar-refractivity contribution < 1.29 is 9.90 Å². The molecule has 1 fully saturated rings. The van der Waals surface area contributed by atoms with Crippen LogP contribution in [0.4, 0.5) is 16.4 Å². The lowest BCUT2D eigenvalue weighted by molar-refractivity contribution is 0.124. The normalized spacial score (nSPS) is 15.8. The van der Waals surface area contributed by atoms with Gasteiger partial charge >= 0.3 is 6.09 Å². The van der Waals surface area contributed by atoms with E-state index in [1.165, 1.54) is 11.2 Å². The van der Waals surface area contributed by atoms with Gasteiger partial charge in [-0.1, -0.05) is 0 Å². The van der Waals surface area contributed by atoms with Crippen molar-refractivity contribution in [2.45, 2.75) is 18.9 Å². The van der Waals surface area contributed by atoms with E-state index in [-0.39, 0.29) is 11.3 Å². The Hall–Kier alpha value is -2.42. The van der Waals surface area contributed by atoms with E-state index in [1.807, 2.05) is 10.9 Å². The predicted molar refractivity (Wildman–Crippen MR) is 78.2 cm³/mol. The van der Waals surface area contributed by atoms with E-state index in [2.05, 4.69) is 25.4 Å². The highest BCUT2D eigenvalue weighted by Gasteiger charge is 2.23. The zero-order chi connectivity index (χ0) is 15.5. The average Bonchev–Trinajstić information content (AvgIpc) is 2.96. The number of likely N-dealkylation sites (tertiary alicyclic amines) is 1. The monoisotopic (exact) mass is 323 g/mol. The van der Waals surface area contributed by atoms with Gasteiger partial charge in [-0.25, -0.2) is 14.8 Å². The van der Waals surface area contributed by atoms with Gasteiger partial charge in [0.1, 0.15) is 6.33 Å². The summed E-state index contributed by atoms with van der Waals surface area (Å²) in [7, 11) is 0. The number of carboxylic acid groups (broad SMARTS) is 1. The van der Waals surface area contributed by atoms with Crippen LogP contribution in [0, 0.1) is 0 Å². The molecule has 0 radical (unpaired) electrons. The fraction of sp³-hybridized carbons (Fsp3) is 0.417. The van der Waals surface area contributed by atoms with E-state index in [0.717, 1.165) is 18.5 Å². The fourth-order valence-corrected chi connectivity index (χ4v) is 2.51. The molecule has 22 heavy (non-hydrogen) atoms. The van der Waals surface area contributed by atoms with Crippen LogP contribution in [0.1, 0.15) is 18.9 Å². The maximum absolute atomic E-state index is 10.9. The molecule has 2 N–H and O–H groups in total. The Labute approximate surface area is 131 Å². The van der Waals surface area contributed by atoms with Gasteiger partial charge < -0.3 is 15.3 Å². The third-order valence-corrected chi connectivity index (χ3v) is 3.69. The summed E-state index contributed by atoms with van der Waals surface area (Å²) in [5.41, 5.74) is 0.739. The first kappa shape index (κ1) is 14.5. The van der Waals surface area contributed by atoms with Crippen molar-refractivity contribution in [2.24, 2.45) is 0 Å². The molecular formula is C12H14ClN7O2. The van der Waals surface area contributed by atoms with Gasteiger partial charge in [-0.2, -0.15) is 10.1 Å². The minimum Gasteiger partial charge on any atom is -0.465 e. The van der Waals surface area contributed by atoms with Crippen LogP contribution in [0.15, 0.2) is 18.7 Å². The van der Waals surface area contributed by atoms with Crippen LogP contribution >= 0.6 is 11.6 Å². The number of hydrogen-bond acceptors (Lipinski definition) is 6. The summed E-state index contributed by atoms with van der Waals surface area (Å²) >= 11 is 5.70. The molecule has 1 aliphatic rings. The summed E-state index contributed by atoms with van der Waals surface area (Å²) in [6, 6.07) is 0.188. The molecule has 9 nitrogen and oxygen atoms in total. The molecule has 0 atom stereocenters. The van der Waals surface area contributed by atoms with Crippen LogP contribution in [0.3, 0.4) is 0 Å². The number of carbonyl (C=O) groups is 1. The minimum atomic E-state index is -0.868. The molecule has 2 aromatic heterocycles. The zero-order valence-electron chi connectivity index (χ0n) is 11.6. The first-order chi connectivity index (χ1) is 10.6. The van der Waals surface area contributed by atoms with E-state index >= 15 is 0 Å². The summed E-state index contributed by atoms with van der Waals surface area (Å²) in [6.45, 7) is 1.04. The van der Waals surface area contributed by atoms with Gasteiger partial charge in [-0.3, -0.25) is 4.68 Å². The highest BCUT2D eigenvalue weighted by molar-refractivity contribution is 6.28. The van der Waals surface area contributed by atoms with E-state index in [4.69, 9.17) is 16.7 Å². The predicted octanol–water partition coefficient (Wildman–Crippen LogP) is 1.78. The maximum Gasteiger partial charge on any atom is 0.407 e. The fourth-order valence-electron chi connectivity index (χ4n) is 2.39. The summed E-state index contributed by atoms with van der Waals surface area (Å²) in [6.07, 6.45) is 5.45. The van der Waals surface area contributed by atoms with Crippen molar-refractivity contribution in [3.05, 3.63) is 24.0 Å². The van der Waals surface area contributed by atoms with Gasteiger partial charge in [0.2, 0.25) is 11.2 Å². The van der Waals surface area contributed by atoms with Crippen LogP contribution in [0.25, 0.3) is 0 Å². The lowest BCUT2D eigenvalue weighted by atomic mass is 10.1. The number of aromatic nitrogens is 5. The molecule has 0 unspecified atom stereocenters. The Morgan fingerprint density at radius 3 is 2.82 bits per heavy atom. The van der Waals surface area contributed by atoms with Gasteiger partial charge in [0.05, 0.1) is 17.9 Å². The van der Waals surface area contributed by atoms with E-state index < -0.39 is 6.09 Å². The van der Waals surface area contributed by atoms with Crippen molar-refractivity contribution in [2.75, 3.05) is 18.4 Å². The Kier molecular flexibility index (Phi) is 4.05. The molecule has 0 bridgehead atoms. The topological polar surface area (TPSA) is 109 Å². The van der Waals surface area contributed by atoms with Crippen LogP contribution in [-0.2, 0) is 0 Å². The molecule has 1 amide bonds. The third kappa shape index (κ3) is 3.25. The molecule has 1 saturated heterocycles. The van der Waals surface area contributed by atoms with Crippen LogP contribution in [0.2, 0.25) is 5.28 Å². The molecule has 0 spiro atoms. The lowest BCUT2D eigenvalue weighted by Crippen LogP contribution is -2.38. The number of nitrogens with zero attached hydrogens (tertiary/aromatic N) is 6. The van der Waals surface area contributed by atoms with E-state index in [9.17, 15) is 4.79 Å². The summed E-state index contributed by atoms with van der Waals surface area (Å²) in [4.78, 5) is 23.9. The molecule has 0 saturated carbocycles. The highest BCUT2D eigenvalue weighted by Crippen LogP contribution is 2.23. The molecule has 116 valence electrons. The molecule has 0 aromatic carbocycles. The van der Waals surface area contributed by atoms with Gasteiger partial charge in [0.25, 0.3) is 0 Å². The van der Waals surface area contributed by atoms with Gasteiger partial charge in [-0.15, -0.1) is 0 Å². The average molecular weight is 324 g/mol. The smallest absolute Gasteiger partial charge is 0.407 e. The zero-order valence-corrected chi connectivity index (χ0v) is 12.3. The van der Waals surface area contributed by atoms with Gasteiger partial charge in [0.15, 0.2) is 0 Å². The van der Waals surface area contributed by atoms with Gasteiger partial charge in [-0.05, 0) is 24.4 Å². The first-order valence-electron chi connectivity index (χ1n) is 6.75. The van der Waals surface area contributed by atoms with Crippen LogP contribution < -0.4 is 5.32 Å². The van der Waals surface area contributed by atoms with E-state index in [1.54, 1.807) is 6.20 Å². The van der Waals surface area contributed by atoms with Crippen molar-refractivity contribution >= 4 is 29.3 Å². The number of rotatable bonds is 3.